The Kier molecular flexibility index (Phi) is 6.40. The number of hydrogen-bond donors (Lipinski definition) is 1. The van der Waals surface area contributed by atoms with Crippen LogP contribution in [0.2, 0.25) is 0 Å². The Morgan fingerprint density at radius 1 is 1.14 bits per heavy atom. The highest BCUT2D eigenvalue weighted by Gasteiger charge is 2.31. The highest BCUT2D eigenvalue weighted by Crippen LogP contribution is 2.41. The number of aryl methyl sites for hydroxylation is 2. The van der Waals surface area contributed by atoms with Gasteiger partial charge in [0.2, 0.25) is 0 Å². The van der Waals surface area contributed by atoms with Crippen LogP contribution >= 0.6 is 0 Å². The lowest BCUT2D eigenvalue weighted by Crippen LogP contribution is -2.43. The third kappa shape index (κ3) is 4.98. The number of hydrogen-bond acceptors (Lipinski definition) is 5. The van der Waals surface area contributed by atoms with Crippen LogP contribution in [0.25, 0.3) is 11.0 Å². The monoisotopic (exact) mass is 475 g/mol. The number of benzene rings is 1. The maximum Gasteiger partial charge on any atom is 0.252 e. The minimum Gasteiger partial charge on any atom is -0.379 e. The second-order valence-electron chi connectivity index (χ2n) is 11.0. The van der Waals surface area contributed by atoms with Crippen LogP contribution in [0.15, 0.2) is 30.3 Å². The number of rotatable bonds is 6. The van der Waals surface area contributed by atoms with E-state index in [-0.39, 0.29) is 17.5 Å². The number of amides is 1. The van der Waals surface area contributed by atoms with Gasteiger partial charge < -0.3 is 10.1 Å². The van der Waals surface area contributed by atoms with Crippen LogP contribution < -0.4 is 5.32 Å². The molecule has 1 unspecified atom stereocenters. The van der Waals surface area contributed by atoms with Gasteiger partial charge in [-0.25, -0.2) is 9.67 Å². The van der Waals surface area contributed by atoms with E-state index >= 15 is 0 Å². The standard InChI is InChI=1S/C28H37N5O2/c1-18-6-8-21(9-7-18)24(32-12-14-35-15-13-32)17-29-27(34)22-16-23(20-10-11-20)30-26-25(22)19(2)31-33(26)28(3,4)5/h6-9,16,20,24H,10-15,17H2,1-5H3,(H,29,34). The predicted molar refractivity (Wildman–Crippen MR) is 138 cm³/mol. The topological polar surface area (TPSA) is 72.3 Å². The lowest BCUT2D eigenvalue weighted by atomic mass is 10.0. The quantitative estimate of drug-likeness (QED) is 0.569. The number of fused-ring (bicyclic) bond motifs is 1. The van der Waals surface area contributed by atoms with Crippen molar-refractivity contribution < 1.29 is 9.53 Å². The highest BCUT2D eigenvalue weighted by atomic mass is 16.5. The summed E-state index contributed by atoms with van der Waals surface area (Å²) in [6.07, 6.45) is 2.27. The Balaban J connectivity index is 1.47. The Labute approximate surface area is 207 Å². The van der Waals surface area contributed by atoms with Crippen LogP contribution in [-0.4, -0.2) is 58.4 Å². The zero-order valence-corrected chi connectivity index (χ0v) is 21.6. The van der Waals surface area contributed by atoms with Crippen molar-refractivity contribution in [1.82, 2.24) is 25.0 Å². The van der Waals surface area contributed by atoms with E-state index in [1.165, 1.54) is 11.1 Å². The SMILES string of the molecule is Cc1ccc(C(CNC(=O)c2cc(C3CC3)nc3c2c(C)nn3C(C)(C)C)N2CCOCC2)cc1. The number of pyridine rings is 1. The molecule has 1 N–H and O–H groups in total. The van der Waals surface area contributed by atoms with E-state index in [0.29, 0.717) is 18.0 Å². The second-order valence-corrected chi connectivity index (χ2v) is 11.0. The van der Waals surface area contributed by atoms with Crippen molar-refractivity contribution in [2.45, 2.75) is 65.0 Å². The maximum atomic E-state index is 13.7. The van der Waals surface area contributed by atoms with Crippen LogP contribution in [0.1, 0.15) is 78.4 Å². The van der Waals surface area contributed by atoms with Gasteiger partial charge in [0.05, 0.1) is 41.4 Å². The van der Waals surface area contributed by atoms with Crippen LogP contribution in [-0.2, 0) is 10.3 Å². The number of carbonyl (C=O) groups excluding carboxylic acids is 1. The summed E-state index contributed by atoms with van der Waals surface area (Å²) in [6.45, 7) is 14.1. The Morgan fingerprint density at radius 2 is 1.83 bits per heavy atom. The molecular formula is C28H37N5O2. The summed E-state index contributed by atoms with van der Waals surface area (Å²) in [5.41, 5.74) is 5.59. The van der Waals surface area contributed by atoms with E-state index in [9.17, 15) is 4.79 Å². The van der Waals surface area contributed by atoms with E-state index in [2.05, 4.69) is 62.2 Å². The summed E-state index contributed by atoms with van der Waals surface area (Å²) < 4.78 is 7.56. The maximum absolute atomic E-state index is 13.7. The molecule has 35 heavy (non-hydrogen) atoms. The first-order chi connectivity index (χ1) is 16.7. The van der Waals surface area contributed by atoms with Crippen molar-refractivity contribution in [3.05, 3.63) is 58.4 Å². The number of aromatic nitrogens is 3. The summed E-state index contributed by atoms with van der Waals surface area (Å²) >= 11 is 0. The summed E-state index contributed by atoms with van der Waals surface area (Å²) in [5, 5.41) is 8.94. The average molecular weight is 476 g/mol. The van der Waals surface area contributed by atoms with Crippen LogP contribution in [0.4, 0.5) is 0 Å². The third-order valence-electron chi connectivity index (χ3n) is 7.11. The van der Waals surface area contributed by atoms with Crippen LogP contribution in [0.3, 0.4) is 0 Å². The normalized spacial score (nSPS) is 18.1. The van der Waals surface area contributed by atoms with Crippen molar-refractivity contribution in [2.24, 2.45) is 0 Å². The van der Waals surface area contributed by atoms with E-state index in [1.807, 2.05) is 17.7 Å². The predicted octanol–water partition coefficient (Wildman–Crippen LogP) is 4.48. The first-order valence-corrected chi connectivity index (χ1v) is 12.8. The Hall–Kier alpha value is -2.77. The number of ether oxygens (including phenoxy) is 1. The van der Waals surface area contributed by atoms with E-state index in [1.54, 1.807) is 0 Å². The Morgan fingerprint density at radius 3 is 2.46 bits per heavy atom. The molecule has 1 aliphatic carbocycles. The van der Waals surface area contributed by atoms with Crippen molar-refractivity contribution in [3.63, 3.8) is 0 Å². The number of nitrogens with zero attached hydrogens (tertiary/aromatic N) is 4. The fourth-order valence-electron chi connectivity index (χ4n) is 4.96. The molecule has 5 rings (SSSR count). The van der Waals surface area contributed by atoms with Gasteiger partial charge in [-0.05, 0) is 59.1 Å². The van der Waals surface area contributed by atoms with Crippen LogP contribution in [0.5, 0.6) is 0 Å². The minimum absolute atomic E-state index is 0.0544. The molecule has 2 aliphatic rings. The van der Waals surface area contributed by atoms with Crippen molar-refractivity contribution in [3.8, 4) is 0 Å². The van der Waals surface area contributed by atoms with Crippen molar-refractivity contribution in [2.75, 3.05) is 32.8 Å². The molecule has 186 valence electrons. The molecule has 1 atom stereocenters. The molecule has 3 heterocycles. The zero-order valence-electron chi connectivity index (χ0n) is 21.6. The van der Waals surface area contributed by atoms with Crippen molar-refractivity contribution >= 4 is 16.9 Å². The van der Waals surface area contributed by atoms with Gasteiger partial charge >= 0.3 is 0 Å². The third-order valence-corrected chi connectivity index (χ3v) is 7.11. The fourth-order valence-corrected chi connectivity index (χ4v) is 4.96. The molecule has 1 aliphatic heterocycles. The highest BCUT2D eigenvalue weighted by molar-refractivity contribution is 6.06. The van der Waals surface area contributed by atoms with Crippen LogP contribution in [0, 0.1) is 13.8 Å². The molecule has 1 amide bonds. The second kappa shape index (κ2) is 9.36. The lowest BCUT2D eigenvalue weighted by molar-refractivity contribution is 0.0162. The smallest absolute Gasteiger partial charge is 0.252 e. The Bertz CT molecular complexity index is 1210. The summed E-state index contributed by atoms with van der Waals surface area (Å²) in [7, 11) is 0. The largest absolute Gasteiger partial charge is 0.379 e. The fraction of sp³-hybridized carbons (Fsp3) is 0.536. The van der Waals surface area contributed by atoms with Gasteiger partial charge in [0.25, 0.3) is 5.91 Å². The van der Waals surface area contributed by atoms with Gasteiger partial charge in [0.15, 0.2) is 5.65 Å². The minimum atomic E-state index is -0.220. The molecule has 1 saturated heterocycles. The van der Waals surface area contributed by atoms with Gasteiger partial charge in [0, 0.05) is 31.2 Å². The molecule has 3 aromatic rings. The van der Waals surface area contributed by atoms with E-state index in [4.69, 9.17) is 14.8 Å². The molecule has 2 fully saturated rings. The van der Waals surface area contributed by atoms with Gasteiger partial charge in [-0.2, -0.15) is 5.10 Å². The van der Waals surface area contributed by atoms with E-state index in [0.717, 1.165) is 61.6 Å². The summed E-state index contributed by atoms with van der Waals surface area (Å²) in [4.78, 5) is 21.1. The number of nitrogens with one attached hydrogen (secondary N) is 1. The number of morpholine rings is 1. The molecule has 7 heteroatoms. The molecule has 0 spiro atoms. The molecule has 2 aromatic heterocycles. The van der Waals surface area contributed by atoms with Crippen molar-refractivity contribution in [1.29, 1.82) is 0 Å². The van der Waals surface area contributed by atoms with Gasteiger partial charge in [-0.3, -0.25) is 9.69 Å². The first-order valence-electron chi connectivity index (χ1n) is 12.8. The summed E-state index contributed by atoms with van der Waals surface area (Å²) in [5.74, 6) is 0.393. The summed E-state index contributed by atoms with van der Waals surface area (Å²) in [6, 6.07) is 10.7. The molecule has 0 radical (unpaired) electrons. The molecule has 1 saturated carbocycles. The van der Waals surface area contributed by atoms with Gasteiger partial charge in [-0.1, -0.05) is 29.8 Å². The van der Waals surface area contributed by atoms with Gasteiger partial charge in [-0.15, -0.1) is 0 Å². The zero-order chi connectivity index (χ0) is 24.7. The van der Waals surface area contributed by atoms with E-state index < -0.39 is 0 Å². The molecule has 1 aromatic carbocycles. The average Bonchev–Trinajstić information content (AvgIpc) is 3.63. The number of carbonyl (C=O) groups is 1. The first kappa shape index (κ1) is 23.9. The molecule has 0 bridgehead atoms. The van der Waals surface area contributed by atoms with Gasteiger partial charge in [0.1, 0.15) is 0 Å². The molecule has 7 nitrogen and oxygen atoms in total. The lowest BCUT2D eigenvalue weighted by Gasteiger charge is -2.35. The molecular weight excluding hydrogens is 438 g/mol.